The molecule has 1 N–H and O–H groups in total. The summed E-state index contributed by atoms with van der Waals surface area (Å²) in [5.41, 5.74) is 0. The molecule has 0 aromatic carbocycles. The van der Waals surface area contributed by atoms with Gasteiger partial charge in [0.25, 0.3) is 0 Å². The zero-order valence-electron chi connectivity index (χ0n) is 10.7. The average molecular weight is 281 g/mol. The van der Waals surface area contributed by atoms with Gasteiger partial charge in [-0.25, -0.2) is 0 Å². The van der Waals surface area contributed by atoms with E-state index in [1.807, 2.05) is 0 Å². The third-order valence-corrected chi connectivity index (χ3v) is 5.37. The van der Waals surface area contributed by atoms with Crippen molar-refractivity contribution in [2.75, 3.05) is 25.4 Å². The van der Waals surface area contributed by atoms with Crippen LogP contribution < -0.4 is 0 Å². The lowest BCUT2D eigenvalue weighted by Gasteiger charge is -2.31. The van der Waals surface area contributed by atoms with Crippen molar-refractivity contribution in [1.29, 1.82) is 0 Å². The van der Waals surface area contributed by atoms with Crippen molar-refractivity contribution < 1.29 is 5.11 Å². The highest BCUT2D eigenvalue weighted by molar-refractivity contribution is 8.00. The minimum atomic E-state index is -0.0608. The molecule has 1 aromatic rings. The molecule has 98 valence electrons. The van der Waals surface area contributed by atoms with Gasteiger partial charge in [-0.1, -0.05) is 18.8 Å². The first-order chi connectivity index (χ1) is 8.81. The standard InChI is InChI=1S/C14H19NOS2/c1-2-12-10-15(7-9-17-12)11-14-6-5-13(18-14)4-3-8-16/h5-6,12,16H,2,7-11H2,1H3. The van der Waals surface area contributed by atoms with Gasteiger partial charge < -0.3 is 5.11 Å². The molecule has 4 heteroatoms. The van der Waals surface area contributed by atoms with Crippen LogP contribution >= 0.6 is 23.1 Å². The highest BCUT2D eigenvalue weighted by Gasteiger charge is 2.19. The Morgan fingerprint density at radius 1 is 1.50 bits per heavy atom. The lowest BCUT2D eigenvalue weighted by Crippen LogP contribution is -2.36. The van der Waals surface area contributed by atoms with E-state index >= 15 is 0 Å². The van der Waals surface area contributed by atoms with Crippen molar-refractivity contribution in [1.82, 2.24) is 4.90 Å². The SMILES string of the molecule is CCC1CN(Cc2ccc(C#CCO)s2)CCS1. The third kappa shape index (κ3) is 4.03. The van der Waals surface area contributed by atoms with Gasteiger partial charge in [-0.2, -0.15) is 11.8 Å². The first-order valence-electron chi connectivity index (χ1n) is 6.34. The fourth-order valence-corrected chi connectivity index (χ4v) is 4.22. The summed E-state index contributed by atoms with van der Waals surface area (Å²) < 4.78 is 0. The lowest BCUT2D eigenvalue weighted by atomic mass is 10.3. The summed E-state index contributed by atoms with van der Waals surface area (Å²) in [6.07, 6.45) is 1.26. The van der Waals surface area contributed by atoms with E-state index in [9.17, 15) is 0 Å². The molecule has 18 heavy (non-hydrogen) atoms. The van der Waals surface area contributed by atoms with E-state index in [0.29, 0.717) is 0 Å². The molecule has 1 aliphatic heterocycles. The molecule has 1 unspecified atom stereocenters. The Morgan fingerprint density at radius 2 is 2.39 bits per heavy atom. The first kappa shape index (κ1) is 14.0. The predicted molar refractivity (Wildman–Crippen MR) is 80.1 cm³/mol. The summed E-state index contributed by atoms with van der Waals surface area (Å²) in [6, 6.07) is 4.22. The number of nitrogens with zero attached hydrogens (tertiary/aromatic N) is 1. The van der Waals surface area contributed by atoms with Crippen molar-refractivity contribution in [3.63, 3.8) is 0 Å². The van der Waals surface area contributed by atoms with Crippen LogP contribution in [0.15, 0.2) is 12.1 Å². The van der Waals surface area contributed by atoms with Crippen LogP contribution in [-0.2, 0) is 6.54 Å². The van der Waals surface area contributed by atoms with Crippen LogP contribution in [0.1, 0.15) is 23.1 Å². The molecule has 2 rings (SSSR count). The van der Waals surface area contributed by atoms with E-state index in [1.54, 1.807) is 11.3 Å². The Morgan fingerprint density at radius 3 is 3.17 bits per heavy atom. The minimum absolute atomic E-state index is 0.0608. The quantitative estimate of drug-likeness (QED) is 0.861. The smallest absolute Gasteiger partial charge is 0.104 e. The Balaban J connectivity index is 1.90. The number of hydrogen-bond donors (Lipinski definition) is 1. The maximum absolute atomic E-state index is 8.67. The van der Waals surface area contributed by atoms with Crippen molar-refractivity contribution in [2.24, 2.45) is 0 Å². The Hall–Kier alpha value is -0.470. The number of hydrogen-bond acceptors (Lipinski definition) is 4. The van der Waals surface area contributed by atoms with Gasteiger partial charge in [-0.05, 0) is 18.6 Å². The fraction of sp³-hybridized carbons (Fsp3) is 0.571. The topological polar surface area (TPSA) is 23.5 Å². The summed E-state index contributed by atoms with van der Waals surface area (Å²) in [5, 5.41) is 9.47. The molecule has 2 heterocycles. The highest BCUT2D eigenvalue weighted by atomic mass is 32.2. The number of aliphatic hydroxyl groups is 1. The average Bonchev–Trinajstić information content (AvgIpc) is 2.84. The zero-order valence-corrected chi connectivity index (χ0v) is 12.3. The maximum Gasteiger partial charge on any atom is 0.104 e. The fourth-order valence-electron chi connectivity index (χ4n) is 2.05. The molecule has 1 fully saturated rings. The minimum Gasteiger partial charge on any atom is -0.384 e. The number of thiophene rings is 1. The van der Waals surface area contributed by atoms with Gasteiger partial charge in [0.05, 0.1) is 4.88 Å². The van der Waals surface area contributed by atoms with E-state index in [2.05, 4.69) is 47.6 Å². The van der Waals surface area contributed by atoms with Crippen LogP contribution in [0.5, 0.6) is 0 Å². The molecule has 1 atom stereocenters. The van der Waals surface area contributed by atoms with E-state index in [0.717, 1.165) is 16.7 Å². The molecule has 1 saturated heterocycles. The van der Waals surface area contributed by atoms with Gasteiger partial charge in [-0.15, -0.1) is 11.3 Å². The molecule has 1 aromatic heterocycles. The van der Waals surface area contributed by atoms with Gasteiger partial charge in [0.15, 0.2) is 0 Å². The molecular weight excluding hydrogens is 262 g/mol. The van der Waals surface area contributed by atoms with Gasteiger partial charge in [0, 0.05) is 35.5 Å². The highest BCUT2D eigenvalue weighted by Crippen LogP contribution is 2.24. The van der Waals surface area contributed by atoms with Gasteiger partial charge >= 0.3 is 0 Å². The van der Waals surface area contributed by atoms with E-state index < -0.39 is 0 Å². The van der Waals surface area contributed by atoms with Crippen LogP contribution in [0.4, 0.5) is 0 Å². The largest absolute Gasteiger partial charge is 0.384 e. The number of rotatable bonds is 3. The Labute approximate surface area is 117 Å². The zero-order chi connectivity index (χ0) is 12.8. The molecular formula is C14H19NOS2. The summed E-state index contributed by atoms with van der Waals surface area (Å²) >= 11 is 3.85. The van der Waals surface area contributed by atoms with Crippen molar-refractivity contribution in [2.45, 2.75) is 25.1 Å². The van der Waals surface area contributed by atoms with Gasteiger partial charge in [-0.3, -0.25) is 4.90 Å². The van der Waals surface area contributed by atoms with Crippen LogP contribution in [0.3, 0.4) is 0 Å². The lowest BCUT2D eigenvalue weighted by molar-refractivity contribution is 0.275. The second-order valence-corrected chi connectivity index (χ2v) is 6.94. The molecule has 0 aliphatic carbocycles. The van der Waals surface area contributed by atoms with Crippen molar-refractivity contribution >= 4 is 23.1 Å². The predicted octanol–water partition coefficient (Wildman–Crippen LogP) is 2.42. The normalized spacial score (nSPS) is 20.4. The molecule has 2 nitrogen and oxygen atoms in total. The molecule has 0 spiro atoms. The second-order valence-electron chi connectivity index (χ2n) is 4.36. The van der Waals surface area contributed by atoms with Crippen LogP contribution in [-0.4, -0.2) is 40.7 Å². The van der Waals surface area contributed by atoms with E-state index in [1.165, 1.54) is 30.1 Å². The number of aliphatic hydroxyl groups excluding tert-OH is 1. The van der Waals surface area contributed by atoms with Crippen LogP contribution in [0.25, 0.3) is 0 Å². The maximum atomic E-state index is 8.67. The van der Waals surface area contributed by atoms with Gasteiger partial charge in [0.1, 0.15) is 6.61 Å². The molecule has 0 radical (unpaired) electrons. The van der Waals surface area contributed by atoms with Crippen molar-refractivity contribution in [3.8, 4) is 11.8 Å². The summed E-state index contributed by atoms with van der Waals surface area (Å²) in [5.74, 6) is 6.92. The molecule has 0 saturated carbocycles. The molecule has 0 bridgehead atoms. The Kier molecular flexibility index (Phi) is 5.58. The summed E-state index contributed by atoms with van der Waals surface area (Å²) in [6.45, 7) is 5.65. The Bertz CT molecular complexity index is 432. The second kappa shape index (κ2) is 7.20. The van der Waals surface area contributed by atoms with Crippen molar-refractivity contribution in [3.05, 3.63) is 21.9 Å². The third-order valence-electron chi connectivity index (χ3n) is 3.01. The van der Waals surface area contributed by atoms with Crippen LogP contribution in [0.2, 0.25) is 0 Å². The summed E-state index contributed by atoms with van der Waals surface area (Å²) in [4.78, 5) is 4.97. The first-order valence-corrected chi connectivity index (χ1v) is 8.20. The molecule has 0 amide bonds. The van der Waals surface area contributed by atoms with E-state index in [4.69, 9.17) is 5.11 Å². The van der Waals surface area contributed by atoms with Gasteiger partial charge in [0.2, 0.25) is 0 Å². The van der Waals surface area contributed by atoms with E-state index in [-0.39, 0.29) is 6.61 Å². The van der Waals surface area contributed by atoms with Crippen LogP contribution in [0, 0.1) is 11.8 Å². The number of thioether (sulfide) groups is 1. The molecule has 1 aliphatic rings. The summed E-state index contributed by atoms with van der Waals surface area (Å²) in [7, 11) is 0. The monoisotopic (exact) mass is 281 g/mol.